The van der Waals surface area contributed by atoms with E-state index in [0.29, 0.717) is 23.4 Å². The summed E-state index contributed by atoms with van der Waals surface area (Å²) in [6.07, 6.45) is -0.282. The molecule has 1 aliphatic heterocycles. The number of amides is 1. The molecule has 4 nitrogen and oxygen atoms in total. The van der Waals surface area contributed by atoms with Crippen LogP contribution >= 0.6 is 0 Å². The van der Waals surface area contributed by atoms with Gasteiger partial charge in [-0.2, -0.15) is 0 Å². The van der Waals surface area contributed by atoms with Gasteiger partial charge in [-0.15, -0.1) is 0 Å². The maximum Gasteiger partial charge on any atom is 0.264 e. The van der Waals surface area contributed by atoms with Crippen molar-refractivity contribution in [3.63, 3.8) is 0 Å². The van der Waals surface area contributed by atoms with E-state index in [4.69, 9.17) is 0 Å². The Bertz CT molecular complexity index is 1130. The van der Waals surface area contributed by atoms with Crippen molar-refractivity contribution in [3.05, 3.63) is 100 Å². The number of aliphatic hydroxyl groups is 1. The molecule has 3 aromatic rings. The first kappa shape index (κ1) is 20.0. The second kappa shape index (κ2) is 7.54. The first-order valence-corrected chi connectivity index (χ1v) is 10.1. The molecule has 1 unspecified atom stereocenters. The van der Waals surface area contributed by atoms with Crippen molar-refractivity contribution in [1.82, 2.24) is 0 Å². The molecule has 0 aromatic heterocycles. The third-order valence-corrected chi connectivity index (χ3v) is 5.86. The standard InChI is InChI=1S/C26H25NO3/c1-17-8-11-20(12-9-17)24(28)15-26(30)22-6-4-5-7-23(22)27(25(26)29)16-21-13-10-18(2)14-19(21)3/h4-14,30H,15-16H2,1-3H3. The summed E-state index contributed by atoms with van der Waals surface area (Å²) in [7, 11) is 0. The van der Waals surface area contributed by atoms with Gasteiger partial charge in [0, 0.05) is 11.1 Å². The van der Waals surface area contributed by atoms with E-state index in [0.717, 1.165) is 22.3 Å². The number of aryl methyl sites for hydroxylation is 3. The van der Waals surface area contributed by atoms with Crippen molar-refractivity contribution in [3.8, 4) is 0 Å². The summed E-state index contributed by atoms with van der Waals surface area (Å²) in [4.78, 5) is 27.9. The number of ketones is 1. The molecule has 0 saturated heterocycles. The van der Waals surface area contributed by atoms with E-state index in [1.54, 1.807) is 29.2 Å². The summed E-state index contributed by atoms with van der Waals surface area (Å²) in [6.45, 7) is 6.34. The first-order chi connectivity index (χ1) is 14.3. The predicted octanol–water partition coefficient (Wildman–Crippen LogP) is 4.62. The fraction of sp³-hybridized carbons (Fsp3) is 0.231. The van der Waals surface area contributed by atoms with Crippen LogP contribution in [0, 0.1) is 20.8 Å². The highest BCUT2D eigenvalue weighted by molar-refractivity contribution is 6.10. The van der Waals surface area contributed by atoms with Gasteiger partial charge in [-0.05, 0) is 38.0 Å². The second-order valence-corrected chi connectivity index (χ2v) is 8.16. The summed E-state index contributed by atoms with van der Waals surface area (Å²) in [5.41, 5.74) is 4.08. The van der Waals surface area contributed by atoms with Crippen molar-refractivity contribution in [1.29, 1.82) is 0 Å². The number of nitrogens with zero attached hydrogens (tertiary/aromatic N) is 1. The van der Waals surface area contributed by atoms with Crippen LogP contribution in [-0.2, 0) is 16.9 Å². The SMILES string of the molecule is Cc1ccc(C(=O)CC2(O)C(=O)N(Cc3ccc(C)cc3C)c3ccccc32)cc1. The summed E-state index contributed by atoms with van der Waals surface area (Å²) in [5.74, 6) is -0.710. The Morgan fingerprint density at radius 1 is 0.933 bits per heavy atom. The zero-order valence-corrected chi connectivity index (χ0v) is 17.5. The van der Waals surface area contributed by atoms with E-state index < -0.39 is 11.5 Å². The molecule has 152 valence electrons. The van der Waals surface area contributed by atoms with E-state index in [1.807, 2.05) is 57.2 Å². The molecule has 0 fully saturated rings. The fourth-order valence-electron chi connectivity index (χ4n) is 4.10. The van der Waals surface area contributed by atoms with Crippen LogP contribution in [0.15, 0.2) is 66.7 Å². The van der Waals surface area contributed by atoms with Gasteiger partial charge in [0.2, 0.25) is 0 Å². The van der Waals surface area contributed by atoms with Crippen molar-refractivity contribution in [2.45, 2.75) is 39.3 Å². The number of carbonyl (C=O) groups excluding carboxylic acids is 2. The lowest BCUT2D eigenvalue weighted by Crippen LogP contribution is -2.41. The number of anilines is 1. The highest BCUT2D eigenvalue weighted by atomic mass is 16.3. The maximum atomic E-state index is 13.4. The molecule has 0 bridgehead atoms. The van der Waals surface area contributed by atoms with Crippen molar-refractivity contribution < 1.29 is 14.7 Å². The number of rotatable bonds is 5. The van der Waals surface area contributed by atoms with Gasteiger partial charge in [-0.3, -0.25) is 9.59 Å². The van der Waals surface area contributed by atoms with Gasteiger partial charge in [-0.1, -0.05) is 71.8 Å². The average molecular weight is 399 g/mol. The van der Waals surface area contributed by atoms with Crippen LogP contribution < -0.4 is 4.90 Å². The van der Waals surface area contributed by atoms with Crippen LogP contribution in [0.5, 0.6) is 0 Å². The third-order valence-electron chi connectivity index (χ3n) is 5.86. The minimum absolute atomic E-state index is 0.256. The average Bonchev–Trinajstić information content (AvgIpc) is 2.92. The van der Waals surface area contributed by atoms with Crippen LogP contribution in [0.3, 0.4) is 0 Å². The molecule has 1 amide bonds. The van der Waals surface area contributed by atoms with Crippen LogP contribution in [0.25, 0.3) is 0 Å². The summed E-state index contributed by atoms with van der Waals surface area (Å²) in [6, 6.07) is 20.5. The third kappa shape index (κ3) is 3.44. The van der Waals surface area contributed by atoms with E-state index in [2.05, 4.69) is 6.07 Å². The summed E-state index contributed by atoms with van der Waals surface area (Å²) < 4.78 is 0. The molecular weight excluding hydrogens is 374 g/mol. The fourth-order valence-corrected chi connectivity index (χ4v) is 4.10. The molecule has 0 radical (unpaired) electrons. The van der Waals surface area contributed by atoms with E-state index >= 15 is 0 Å². The van der Waals surface area contributed by atoms with E-state index in [9.17, 15) is 14.7 Å². The number of para-hydroxylation sites is 1. The number of hydrogen-bond donors (Lipinski definition) is 1. The molecular formula is C26H25NO3. The Morgan fingerprint density at radius 3 is 2.30 bits per heavy atom. The minimum atomic E-state index is -1.86. The minimum Gasteiger partial charge on any atom is -0.375 e. The predicted molar refractivity (Wildman–Crippen MR) is 118 cm³/mol. The molecule has 1 N–H and O–H groups in total. The molecule has 0 aliphatic carbocycles. The van der Waals surface area contributed by atoms with E-state index in [-0.39, 0.29) is 12.2 Å². The molecule has 1 aliphatic rings. The number of fused-ring (bicyclic) bond motifs is 1. The second-order valence-electron chi connectivity index (χ2n) is 8.16. The number of benzene rings is 3. The molecule has 4 heteroatoms. The lowest BCUT2D eigenvalue weighted by atomic mass is 9.88. The highest BCUT2D eigenvalue weighted by Gasteiger charge is 2.50. The smallest absolute Gasteiger partial charge is 0.264 e. The van der Waals surface area contributed by atoms with Crippen molar-refractivity contribution in [2.24, 2.45) is 0 Å². The van der Waals surface area contributed by atoms with Gasteiger partial charge in [-0.25, -0.2) is 0 Å². The quantitative estimate of drug-likeness (QED) is 0.637. The Hall–Kier alpha value is -3.24. The van der Waals surface area contributed by atoms with Crippen molar-refractivity contribution >= 4 is 17.4 Å². The normalized spacial score (nSPS) is 17.9. The lowest BCUT2D eigenvalue weighted by molar-refractivity contribution is -0.136. The Morgan fingerprint density at radius 2 is 1.60 bits per heavy atom. The zero-order valence-electron chi connectivity index (χ0n) is 17.5. The van der Waals surface area contributed by atoms with Gasteiger partial charge in [0.1, 0.15) is 0 Å². The molecule has 3 aromatic carbocycles. The van der Waals surface area contributed by atoms with Gasteiger partial charge < -0.3 is 10.0 Å². The molecule has 1 heterocycles. The number of Topliss-reactive ketones (excluding diaryl/α,β-unsaturated/α-hetero) is 1. The maximum absolute atomic E-state index is 13.4. The Labute approximate surface area is 176 Å². The molecule has 0 saturated carbocycles. The number of hydrogen-bond acceptors (Lipinski definition) is 3. The summed E-state index contributed by atoms with van der Waals surface area (Å²) in [5, 5.41) is 11.4. The monoisotopic (exact) mass is 399 g/mol. The van der Waals surface area contributed by atoms with Crippen LogP contribution in [0.4, 0.5) is 5.69 Å². The topological polar surface area (TPSA) is 57.6 Å². The van der Waals surface area contributed by atoms with Crippen LogP contribution in [0.1, 0.15) is 44.6 Å². The van der Waals surface area contributed by atoms with E-state index in [1.165, 1.54) is 0 Å². The van der Waals surface area contributed by atoms with Crippen LogP contribution in [-0.4, -0.2) is 16.8 Å². The van der Waals surface area contributed by atoms with Gasteiger partial charge in [0.25, 0.3) is 5.91 Å². The van der Waals surface area contributed by atoms with Gasteiger partial charge >= 0.3 is 0 Å². The summed E-state index contributed by atoms with van der Waals surface area (Å²) >= 11 is 0. The van der Waals surface area contributed by atoms with Gasteiger partial charge in [0.05, 0.1) is 18.7 Å². The largest absolute Gasteiger partial charge is 0.375 e. The zero-order chi connectivity index (χ0) is 21.5. The van der Waals surface area contributed by atoms with Crippen molar-refractivity contribution in [2.75, 3.05) is 4.90 Å². The highest BCUT2D eigenvalue weighted by Crippen LogP contribution is 2.43. The molecule has 1 atom stereocenters. The Balaban J connectivity index is 1.68. The Kier molecular flexibility index (Phi) is 5.04. The van der Waals surface area contributed by atoms with Gasteiger partial charge in [0.15, 0.2) is 11.4 Å². The van der Waals surface area contributed by atoms with Crippen LogP contribution in [0.2, 0.25) is 0 Å². The molecule has 0 spiro atoms. The lowest BCUT2D eigenvalue weighted by Gasteiger charge is -2.23. The molecule has 4 rings (SSSR count). The number of carbonyl (C=O) groups is 2. The molecule has 30 heavy (non-hydrogen) atoms. The first-order valence-electron chi connectivity index (χ1n) is 10.1.